The van der Waals surface area contributed by atoms with E-state index >= 15 is 0 Å². The topological polar surface area (TPSA) is 89.4 Å². The molecule has 0 heterocycles. The van der Waals surface area contributed by atoms with E-state index in [1.54, 1.807) is 0 Å². The highest BCUT2D eigenvalue weighted by atomic mass is 19.1. The third-order valence-electron chi connectivity index (χ3n) is 1.75. The van der Waals surface area contributed by atoms with Crippen LogP contribution < -0.4 is 5.73 Å². The Morgan fingerprint density at radius 3 is 2.80 bits per heavy atom. The van der Waals surface area contributed by atoms with E-state index in [2.05, 4.69) is 0 Å². The lowest BCUT2D eigenvalue weighted by molar-refractivity contribution is -0.383. The van der Waals surface area contributed by atoms with Crippen molar-refractivity contribution in [1.82, 2.24) is 0 Å². The number of aliphatic hydroxyl groups is 1. The number of hydrogen-bond acceptors (Lipinski definition) is 4. The quantitative estimate of drug-likeness (QED) is 0.449. The molecule has 0 unspecified atom stereocenters. The van der Waals surface area contributed by atoms with Gasteiger partial charge in [-0.05, 0) is 0 Å². The van der Waals surface area contributed by atoms with Gasteiger partial charge in [-0.15, -0.1) is 0 Å². The average Bonchev–Trinajstić information content (AvgIpc) is 2.16. The Bertz CT molecular complexity index is 418. The first-order valence-electron chi connectivity index (χ1n) is 4.07. The van der Waals surface area contributed by atoms with E-state index in [4.69, 9.17) is 10.8 Å². The van der Waals surface area contributed by atoms with Crippen molar-refractivity contribution in [2.24, 2.45) is 0 Å². The molecule has 0 aliphatic rings. The Labute approximate surface area is 84.8 Å². The molecule has 0 aliphatic heterocycles. The highest BCUT2D eigenvalue weighted by Gasteiger charge is 2.14. The summed E-state index contributed by atoms with van der Waals surface area (Å²) in [5.41, 5.74) is 4.71. The zero-order valence-electron chi connectivity index (χ0n) is 7.68. The minimum Gasteiger partial charge on any atom is -0.393 e. The first kappa shape index (κ1) is 11.1. The van der Waals surface area contributed by atoms with Crippen LogP contribution in [0.5, 0.6) is 0 Å². The van der Waals surface area contributed by atoms with E-state index in [0.717, 1.165) is 12.1 Å². The molecule has 0 spiro atoms. The zero-order valence-corrected chi connectivity index (χ0v) is 7.68. The molecule has 0 bridgehead atoms. The van der Waals surface area contributed by atoms with Gasteiger partial charge in [0.05, 0.1) is 11.5 Å². The second-order valence-electron chi connectivity index (χ2n) is 2.77. The van der Waals surface area contributed by atoms with E-state index in [9.17, 15) is 14.5 Å². The van der Waals surface area contributed by atoms with Crippen molar-refractivity contribution in [3.8, 4) is 0 Å². The summed E-state index contributed by atoms with van der Waals surface area (Å²) in [7, 11) is 0. The van der Waals surface area contributed by atoms with Crippen LogP contribution in [0.3, 0.4) is 0 Å². The molecular weight excluding hydrogens is 203 g/mol. The van der Waals surface area contributed by atoms with Crippen molar-refractivity contribution in [2.75, 3.05) is 12.3 Å². The maximum absolute atomic E-state index is 13.2. The Hall–Kier alpha value is -1.95. The predicted molar refractivity (Wildman–Crippen MR) is 53.6 cm³/mol. The summed E-state index contributed by atoms with van der Waals surface area (Å²) in [6, 6.07) is 1.91. The number of halogens is 1. The summed E-state index contributed by atoms with van der Waals surface area (Å²) < 4.78 is 13.2. The molecular formula is C9H9FN2O3. The SMILES string of the molecule is Nc1cc(F)c(C=CCO)cc1[N+](=O)[O-]. The van der Waals surface area contributed by atoms with Crippen molar-refractivity contribution in [3.05, 3.63) is 39.7 Å². The van der Waals surface area contributed by atoms with Gasteiger partial charge < -0.3 is 10.8 Å². The summed E-state index contributed by atoms with van der Waals surface area (Å²) in [6.45, 7) is -0.266. The Morgan fingerprint density at radius 2 is 2.27 bits per heavy atom. The molecule has 0 atom stereocenters. The van der Waals surface area contributed by atoms with Crippen molar-refractivity contribution in [1.29, 1.82) is 0 Å². The molecule has 0 saturated heterocycles. The summed E-state index contributed by atoms with van der Waals surface area (Å²) in [4.78, 5) is 9.80. The summed E-state index contributed by atoms with van der Waals surface area (Å²) in [5, 5.41) is 19.0. The predicted octanol–water partition coefficient (Wildman–Crippen LogP) is 1.32. The van der Waals surface area contributed by atoms with E-state index < -0.39 is 10.7 Å². The molecule has 80 valence electrons. The summed E-state index contributed by atoms with van der Waals surface area (Å²) in [6.07, 6.45) is 2.53. The van der Waals surface area contributed by atoms with Crippen LogP contribution in [0.2, 0.25) is 0 Å². The maximum Gasteiger partial charge on any atom is 0.292 e. The summed E-state index contributed by atoms with van der Waals surface area (Å²) in [5.74, 6) is -0.664. The largest absolute Gasteiger partial charge is 0.393 e. The number of nitrogens with two attached hydrogens (primary N) is 1. The van der Waals surface area contributed by atoms with E-state index in [-0.39, 0.29) is 23.5 Å². The maximum atomic E-state index is 13.2. The Morgan fingerprint density at radius 1 is 1.60 bits per heavy atom. The standard InChI is InChI=1S/C9H9FN2O3/c10-7-5-8(11)9(12(14)15)4-6(7)2-1-3-13/h1-2,4-5,13H,3,11H2. The molecule has 0 saturated carbocycles. The normalized spacial score (nSPS) is 10.8. The van der Waals surface area contributed by atoms with Crippen molar-refractivity contribution < 1.29 is 14.4 Å². The second-order valence-corrected chi connectivity index (χ2v) is 2.77. The van der Waals surface area contributed by atoms with Crippen LogP contribution in [-0.2, 0) is 0 Å². The van der Waals surface area contributed by atoms with Gasteiger partial charge in [0.15, 0.2) is 0 Å². The first-order valence-corrected chi connectivity index (χ1v) is 4.07. The number of nitrogen functional groups attached to an aromatic ring is 1. The van der Waals surface area contributed by atoms with Crippen molar-refractivity contribution in [3.63, 3.8) is 0 Å². The van der Waals surface area contributed by atoms with Crippen LogP contribution in [0, 0.1) is 15.9 Å². The fourth-order valence-electron chi connectivity index (χ4n) is 1.06. The van der Waals surface area contributed by atoms with Gasteiger partial charge in [-0.3, -0.25) is 10.1 Å². The number of nitro benzene ring substituents is 1. The lowest BCUT2D eigenvalue weighted by atomic mass is 10.1. The number of benzene rings is 1. The van der Waals surface area contributed by atoms with Crippen molar-refractivity contribution >= 4 is 17.5 Å². The summed E-state index contributed by atoms with van der Waals surface area (Å²) >= 11 is 0. The van der Waals surface area contributed by atoms with Gasteiger partial charge in [-0.2, -0.15) is 0 Å². The second kappa shape index (κ2) is 4.52. The van der Waals surface area contributed by atoms with Gasteiger partial charge in [0, 0.05) is 17.7 Å². The Balaban J connectivity index is 3.23. The number of nitrogens with zero attached hydrogens (tertiary/aromatic N) is 1. The number of rotatable bonds is 3. The first-order chi connectivity index (χ1) is 7.06. The van der Waals surface area contributed by atoms with Crippen LogP contribution in [0.15, 0.2) is 18.2 Å². The Kier molecular flexibility index (Phi) is 3.35. The fraction of sp³-hybridized carbons (Fsp3) is 0.111. The fourth-order valence-corrected chi connectivity index (χ4v) is 1.06. The smallest absolute Gasteiger partial charge is 0.292 e. The number of aliphatic hydroxyl groups excluding tert-OH is 1. The highest BCUT2D eigenvalue weighted by molar-refractivity contribution is 5.65. The molecule has 0 fully saturated rings. The number of anilines is 1. The molecule has 5 nitrogen and oxygen atoms in total. The van der Waals surface area contributed by atoms with E-state index in [1.165, 1.54) is 12.2 Å². The molecule has 15 heavy (non-hydrogen) atoms. The molecule has 6 heteroatoms. The van der Waals surface area contributed by atoms with Crippen LogP contribution in [0.4, 0.5) is 15.8 Å². The third-order valence-corrected chi connectivity index (χ3v) is 1.75. The van der Waals surface area contributed by atoms with Gasteiger partial charge in [0.1, 0.15) is 11.5 Å². The van der Waals surface area contributed by atoms with Gasteiger partial charge in [-0.1, -0.05) is 12.2 Å². The molecule has 3 N–H and O–H groups in total. The molecule has 0 amide bonds. The highest BCUT2D eigenvalue weighted by Crippen LogP contribution is 2.25. The zero-order chi connectivity index (χ0) is 11.4. The van der Waals surface area contributed by atoms with Gasteiger partial charge in [0.2, 0.25) is 0 Å². The average molecular weight is 212 g/mol. The lowest BCUT2D eigenvalue weighted by Gasteiger charge is -2.00. The molecule has 0 radical (unpaired) electrons. The molecule has 0 aliphatic carbocycles. The van der Waals surface area contributed by atoms with Crippen molar-refractivity contribution in [2.45, 2.75) is 0 Å². The molecule has 1 aromatic rings. The van der Waals surface area contributed by atoms with Gasteiger partial charge in [-0.25, -0.2) is 4.39 Å². The molecule has 1 aromatic carbocycles. The minimum absolute atomic E-state index is 0.0185. The van der Waals surface area contributed by atoms with Crippen LogP contribution in [-0.4, -0.2) is 16.6 Å². The number of nitro groups is 1. The van der Waals surface area contributed by atoms with Gasteiger partial charge >= 0.3 is 0 Å². The van der Waals surface area contributed by atoms with Crippen LogP contribution in [0.1, 0.15) is 5.56 Å². The monoisotopic (exact) mass is 212 g/mol. The lowest BCUT2D eigenvalue weighted by Crippen LogP contribution is -1.98. The van der Waals surface area contributed by atoms with E-state index in [1.807, 2.05) is 0 Å². The van der Waals surface area contributed by atoms with E-state index in [0.29, 0.717) is 0 Å². The molecule has 1 rings (SSSR count). The number of hydrogen-bond donors (Lipinski definition) is 2. The van der Waals surface area contributed by atoms with Crippen LogP contribution >= 0.6 is 0 Å². The minimum atomic E-state index is -0.689. The molecule has 0 aromatic heterocycles. The van der Waals surface area contributed by atoms with Crippen LogP contribution in [0.25, 0.3) is 6.08 Å². The van der Waals surface area contributed by atoms with Gasteiger partial charge in [0.25, 0.3) is 5.69 Å². The third kappa shape index (κ3) is 2.50.